The van der Waals surface area contributed by atoms with Crippen LogP contribution in [0.1, 0.15) is 32.6 Å². The van der Waals surface area contributed by atoms with Gasteiger partial charge in [-0.3, -0.25) is 4.90 Å². The molecule has 0 N–H and O–H groups in total. The molecule has 1 saturated carbocycles. The van der Waals surface area contributed by atoms with Gasteiger partial charge in [-0.25, -0.2) is 0 Å². The minimum absolute atomic E-state index is 0.671. The lowest BCUT2D eigenvalue weighted by Crippen LogP contribution is -2.45. The van der Waals surface area contributed by atoms with Crippen LogP contribution in [0.3, 0.4) is 0 Å². The minimum Gasteiger partial charge on any atom is -0.379 e. The molecule has 0 radical (unpaired) electrons. The second kappa shape index (κ2) is 3.21. The van der Waals surface area contributed by atoms with E-state index < -0.39 is 0 Å². The second-order valence-corrected chi connectivity index (χ2v) is 5.87. The molecule has 2 bridgehead atoms. The van der Waals surface area contributed by atoms with Gasteiger partial charge in [0.25, 0.3) is 0 Å². The number of hydrogen-bond acceptors (Lipinski definition) is 2. The molecule has 2 heteroatoms. The fourth-order valence-electron chi connectivity index (χ4n) is 2.93. The average molecular weight is 195 g/mol. The van der Waals surface area contributed by atoms with E-state index in [0.717, 1.165) is 25.2 Å². The van der Waals surface area contributed by atoms with E-state index in [1.54, 1.807) is 0 Å². The molecule has 4 rings (SSSR count). The van der Waals surface area contributed by atoms with Crippen LogP contribution in [-0.4, -0.2) is 37.2 Å². The molecule has 0 aromatic heterocycles. The molecule has 0 aromatic carbocycles. The van der Waals surface area contributed by atoms with Crippen molar-refractivity contribution in [1.82, 2.24) is 4.90 Å². The Labute approximate surface area is 86.6 Å². The maximum Gasteiger partial charge on any atom is 0.0621 e. The largest absolute Gasteiger partial charge is 0.379 e. The van der Waals surface area contributed by atoms with Crippen LogP contribution < -0.4 is 0 Å². The Morgan fingerprint density at radius 3 is 2.93 bits per heavy atom. The van der Waals surface area contributed by atoms with Crippen molar-refractivity contribution in [2.75, 3.05) is 26.3 Å². The SMILES string of the molecule is CC1(CN2CC3CCC2COC3)CC1. The molecule has 3 saturated heterocycles. The molecular weight excluding hydrogens is 174 g/mol. The van der Waals surface area contributed by atoms with E-state index in [1.165, 1.54) is 38.8 Å². The van der Waals surface area contributed by atoms with Crippen LogP contribution in [0.25, 0.3) is 0 Å². The maximum absolute atomic E-state index is 5.70. The minimum atomic E-state index is 0.671. The van der Waals surface area contributed by atoms with Crippen molar-refractivity contribution in [2.24, 2.45) is 11.3 Å². The van der Waals surface area contributed by atoms with E-state index in [9.17, 15) is 0 Å². The van der Waals surface area contributed by atoms with Crippen LogP contribution in [0.5, 0.6) is 0 Å². The Morgan fingerprint density at radius 1 is 1.29 bits per heavy atom. The fraction of sp³-hybridized carbons (Fsp3) is 1.00. The molecule has 2 atom stereocenters. The summed E-state index contributed by atoms with van der Waals surface area (Å²) >= 11 is 0. The average Bonchev–Trinajstić information content (AvgIpc) is 2.92. The van der Waals surface area contributed by atoms with Gasteiger partial charge in [-0.2, -0.15) is 0 Å². The molecule has 4 aliphatic rings. The van der Waals surface area contributed by atoms with E-state index in [2.05, 4.69) is 11.8 Å². The summed E-state index contributed by atoms with van der Waals surface area (Å²) in [6.45, 7) is 7.08. The molecule has 80 valence electrons. The number of ether oxygens (including phenoxy) is 1. The van der Waals surface area contributed by atoms with Crippen molar-refractivity contribution in [3.05, 3.63) is 0 Å². The van der Waals surface area contributed by atoms with Crippen LogP contribution in [0, 0.1) is 11.3 Å². The zero-order valence-corrected chi connectivity index (χ0v) is 9.17. The fourth-order valence-corrected chi connectivity index (χ4v) is 2.93. The van der Waals surface area contributed by atoms with E-state index >= 15 is 0 Å². The Balaban J connectivity index is 1.67. The topological polar surface area (TPSA) is 12.5 Å². The number of rotatable bonds is 2. The predicted octanol–water partition coefficient (Wildman–Crippen LogP) is 1.90. The van der Waals surface area contributed by atoms with Gasteiger partial charge in [0.15, 0.2) is 0 Å². The molecule has 3 heterocycles. The van der Waals surface area contributed by atoms with Gasteiger partial charge in [-0.15, -0.1) is 0 Å². The summed E-state index contributed by atoms with van der Waals surface area (Å²) in [6.07, 6.45) is 5.67. The molecule has 4 fully saturated rings. The van der Waals surface area contributed by atoms with E-state index in [0.29, 0.717) is 5.41 Å². The highest BCUT2D eigenvalue weighted by Gasteiger charge is 2.42. The van der Waals surface area contributed by atoms with E-state index in [1.807, 2.05) is 0 Å². The standard InChI is InChI=1S/C12H21NO/c1-12(4-5-12)9-13-6-10-2-3-11(13)8-14-7-10/h10-11H,2-9H2,1H3. The van der Waals surface area contributed by atoms with Crippen molar-refractivity contribution in [2.45, 2.75) is 38.6 Å². The number of nitrogens with zero attached hydrogens (tertiary/aromatic N) is 1. The van der Waals surface area contributed by atoms with Crippen molar-refractivity contribution in [3.63, 3.8) is 0 Å². The van der Waals surface area contributed by atoms with Crippen molar-refractivity contribution in [1.29, 1.82) is 0 Å². The highest BCUT2D eigenvalue weighted by molar-refractivity contribution is 4.95. The second-order valence-electron chi connectivity index (χ2n) is 5.87. The first kappa shape index (κ1) is 9.17. The van der Waals surface area contributed by atoms with Gasteiger partial charge in [-0.05, 0) is 37.0 Å². The third-order valence-electron chi connectivity index (χ3n) is 4.27. The molecule has 0 aromatic rings. The van der Waals surface area contributed by atoms with Crippen LogP contribution in [-0.2, 0) is 4.74 Å². The lowest BCUT2D eigenvalue weighted by Gasteiger charge is -2.37. The van der Waals surface area contributed by atoms with Gasteiger partial charge in [-0.1, -0.05) is 6.92 Å². The van der Waals surface area contributed by atoms with E-state index in [-0.39, 0.29) is 0 Å². The van der Waals surface area contributed by atoms with Crippen LogP contribution in [0.4, 0.5) is 0 Å². The highest BCUT2D eigenvalue weighted by atomic mass is 16.5. The van der Waals surface area contributed by atoms with Gasteiger partial charge in [0.1, 0.15) is 0 Å². The maximum atomic E-state index is 5.70. The predicted molar refractivity (Wildman–Crippen MR) is 56.2 cm³/mol. The molecule has 0 spiro atoms. The van der Waals surface area contributed by atoms with Crippen molar-refractivity contribution < 1.29 is 4.74 Å². The van der Waals surface area contributed by atoms with Gasteiger partial charge >= 0.3 is 0 Å². The first-order valence-electron chi connectivity index (χ1n) is 6.07. The first-order valence-corrected chi connectivity index (χ1v) is 6.07. The quantitative estimate of drug-likeness (QED) is 0.667. The summed E-state index contributed by atoms with van der Waals surface area (Å²) in [5.74, 6) is 0.830. The zero-order valence-electron chi connectivity index (χ0n) is 9.17. The molecule has 2 unspecified atom stereocenters. The lowest BCUT2D eigenvalue weighted by molar-refractivity contribution is 0.0910. The third-order valence-corrected chi connectivity index (χ3v) is 4.27. The Kier molecular flexibility index (Phi) is 2.10. The normalized spacial score (nSPS) is 40.9. The molecule has 0 amide bonds. The highest BCUT2D eigenvalue weighted by Crippen LogP contribution is 2.46. The van der Waals surface area contributed by atoms with Crippen molar-refractivity contribution in [3.8, 4) is 0 Å². The summed E-state index contributed by atoms with van der Waals surface area (Å²) in [7, 11) is 0. The zero-order chi connectivity index (χ0) is 9.60. The summed E-state index contributed by atoms with van der Waals surface area (Å²) in [5.41, 5.74) is 0.671. The monoisotopic (exact) mass is 195 g/mol. The summed E-state index contributed by atoms with van der Waals surface area (Å²) < 4.78 is 5.70. The molecule has 2 nitrogen and oxygen atoms in total. The Bertz CT molecular complexity index is 220. The Hall–Kier alpha value is -0.0800. The van der Waals surface area contributed by atoms with Gasteiger partial charge < -0.3 is 4.74 Å². The lowest BCUT2D eigenvalue weighted by atomic mass is 9.93. The smallest absolute Gasteiger partial charge is 0.0621 e. The molecular formula is C12H21NO. The molecule has 3 aliphatic heterocycles. The number of hydrogen-bond donors (Lipinski definition) is 0. The van der Waals surface area contributed by atoms with Crippen LogP contribution >= 0.6 is 0 Å². The van der Waals surface area contributed by atoms with Gasteiger partial charge in [0.2, 0.25) is 0 Å². The van der Waals surface area contributed by atoms with Crippen LogP contribution in [0.15, 0.2) is 0 Å². The van der Waals surface area contributed by atoms with Gasteiger partial charge in [0, 0.05) is 19.1 Å². The number of piperidine rings is 1. The Morgan fingerprint density at radius 2 is 2.14 bits per heavy atom. The van der Waals surface area contributed by atoms with Gasteiger partial charge in [0.05, 0.1) is 13.2 Å². The summed E-state index contributed by atoms with van der Waals surface area (Å²) in [4.78, 5) is 2.72. The first-order chi connectivity index (χ1) is 6.75. The molecule has 1 aliphatic carbocycles. The van der Waals surface area contributed by atoms with Crippen LogP contribution in [0.2, 0.25) is 0 Å². The summed E-state index contributed by atoms with van der Waals surface area (Å²) in [6, 6.07) is 0.742. The summed E-state index contributed by atoms with van der Waals surface area (Å²) in [5, 5.41) is 0. The number of fused-ring (bicyclic) bond motifs is 4. The van der Waals surface area contributed by atoms with Crippen molar-refractivity contribution >= 4 is 0 Å². The van der Waals surface area contributed by atoms with E-state index in [4.69, 9.17) is 4.74 Å². The third kappa shape index (κ3) is 1.70. The molecule has 14 heavy (non-hydrogen) atoms.